The van der Waals surface area contributed by atoms with Gasteiger partial charge in [-0.3, -0.25) is 4.90 Å². The lowest BCUT2D eigenvalue weighted by molar-refractivity contribution is 0.249. The molecule has 0 bridgehead atoms. The molecule has 0 spiro atoms. The average molecular weight is 218 g/mol. The van der Waals surface area contributed by atoms with Crippen LogP contribution in [0.3, 0.4) is 0 Å². The first-order valence-corrected chi connectivity index (χ1v) is 6.60. The van der Waals surface area contributed by atoms with Crippen LogP contribution in [-0.4, -0.2) is 60.8 Å². The summed E-state index contributed by atoms with van der Waals surface area (Å²) < 4.78 is 0. The van der Waals surface area contributed by atoms with E-state index in [0.717, 1.165) is 18.8 Å². The van der Waals surface area contributed by atoms with Crippen molar-refractivity contribution in [2.45, 2.75) is 6.92 Å². The van der Waals surface area contributed by atoms with Gasteiger partial charge >= 0.3 is 0 Å². The average Bonchev–Trinajstić information content (AvgIpc) is 2.25. The van der Waals surface area contributed by atoms with Gasteiger partial charge in [-0.05, 0) is 11.7 Å². The SMILES string of the molecule is CC(CO)CSCCN1CCNCC1. The number of aliphatic hydroxyl groups is 1. The summed E-state index contributed by atoms with van der Waals surface area (Å²) in [5.41, 5.74) is 0. The highest BCUT2D eigenvalue weighted by Gasteiger charge is 2.08. The molecule has 84 valence electrons. The van der Waals surface area contributed by atoms with Crippen LogP contribution in [-0.2, 0) is 0 Å². The van der Waals surface area contributed by atoms with Crippen molar-refractivity contribution in [2.75, 3.05) is 50.8 Å². The minimum Gasteiger partial charge on any atom is -0.396 e. The van der Waals surface area contributed by atoms with Crippen LogP contribution in [0, 0.1) is 5.92 Å². The molecular formula is C10H22N2OS. The van der Waals surface area contributed by atoms with Gasteiger partial charge in [0.25, 0.3) is 0 Å². The number of aliphatic hydroxyl groups excluding tert-OH is 1. The van der Waals surface area contributed by atoms with Crippen molar-refractivity contribution in [3.8, 4) is 0 Å². The molecule has 4 heteroatoms. The van der Waals surface area contributed by atoms with E-state index in [1.54, 1.807) is 0 Å². The quantitative estimate of drug-likeness (QED) is 0.627. The highest BCUT2D eigenvalue weighted by Crippen LogP contribution is 2.08. The van der Waals surface area contributed by atoms with Crippen LogP contribution in [0.5, 0.6) is 0 Å². The van der Waals surface area contributed by atoms with Gasteiger partial charge in [-0.1, -0.05) is 6.92 Å². The zero-order valence-electron chi connectivity index (χ0n) is 9.04. The molecule has 3 nitrogen and oxygen atoms in total. The highest BCUT2D eigenvalue weighted by molar-refractivity contribution is 7.99. The second kappa shape index (κ2) is 7.51. The van der Waals surface area contributed by atoms with Gasteiger partial charge in [-0.2, -0.15) is 11.8 Å². The van der Waals surface area contributed by atoms with Crippen molar-refractivity contribution >= 4 is 11.8 Å². The van der Waals surface area contributed by atoms with E-state index >= 15 is 0 Å². The monoisotopic (exact) mass is 218 g/mol. The molecule has 0 aliphatic carbocycles. The van der Waals surface area contributed by atoms with E-state index in [9.17, 15) is 0 Å². The van der Waals surface area contributed by atoms with Crippen molar-refractivity contribution in [3.63, 3.8) is 0 Å². The first-order chi connectivity index (χ1) is 6.83. The summed E-state index contributed by atoms with van der Waals surface area (Å²) in [6.07, 6.45) is 0. The van der Waals surface area contributed by atoms with Crippen molar-refractivity contribution in [1.82, 2.24) is 10.2 Å². The van der Waals surface area contributed by atoms with E-state index < -0.39 is 0 Å². The third-order valence-electron chi connectivity index (χ3n) is 2.48. The Hall–Kier alpha value is 0.230. The molecule has 2 N–H and O–H groups in total. The molecule has 1 rings (SSSR count). The predicted octanol–water partition coefficient (Wildman–Crippen LogP) is 0.253. The summed E-state index contributed by atoms with van der Waals surface area (Å²) in [6, 6.07) is 0. The lowest BCUT2D eigenvalue weighted by atomic mass is 10.2. The highest BCUT2D eigenvalue weighted by atomic mass is 32.2. The fraction of sp³-hybridized carbons (Fsp3) is 1.00. The topological polar surface area (TPSA) is 35.5 Å². The van der Waals surface area contributed by atoms with E-state index in [0.29, 0.717) is 12.5 Å². The smallest absolute Gasteiger partial charge is 0.0464 e. The van der Waals surface area contributed by atoms with Crippen LogP contribution in [0.1, 0.15) is 6.92 Å². The molecule has 1 unspecified atom stereocenters. The molecular weight excluding hydrogens is 196 g/mol. The molecule has 0 radical (unpaired) electrons. The Bertz CT molecular complexity index is 140. The van der Waals surface area contributed by atoms with Gasteiger partial charge in [0.1, 0.15) is 0 Å². The molecule has 1 atom stereocenters. The maximum absolute atomic E-state index is 8.85. The Morgan fingerprint density at radius 3 is 2.79 bits per heavy atom. The molecule has 0 aromatic heterocycles. The van der Waals surface area contributed by atoms with Gasteiger partial charge in [0.15, 0.2) is 0 Å². The van der Waals surface area contributed by atoms with Crippen LogP contribution in [0.2, 0.25) is 0 Å². The Labute approximate surface area is 91.2 Å². The van der Waals surface area contributed by atoms with E-state index in [2.05, 4.69) is 17.1 Å². The normalized spacial score (nSPS) is 21.0. The molecule has 1 heterocycles. The van der Waals surface area contributed by atoms with E-state index in [1.807, 2.05) is 11.8 Å². The molecule has 14 heavy (non-hydrogen) atoms. The van der Waals surface area contributed by atoms with Gasteiger partial charge in [-0.15, -0.1) is 0 Å². The summed E-state index contributed by atoms with van der Waals surface area (Å²) in [5.74, 6) is 2.73. The fourth-order valence-electron chi connectivity index (χ4n) is 1.47. The Balaban J connectivity index is 1.92. The standard InChI is InChI=1S/C10H22N2OS/c1-10(8-13)9-14-7-6-12-4-2-11-3-5-12/h10-11,13H,2-9H2,1H3. The van der Waals surface area contributed by atoms with Crippen molar-refractivity contribution < 1.29 is 5.11 Å². The summed E-state index contributed by atoms with van der Waals surface area (Å²) in [6.45, 7) is 8.27. The number of hydrogen-bond acceptors (Lipinski definition) is 4. The Morgan fingerprint density at radius 2 is 2.14 bits per heavy atom. The largest absolute Gasteiger partial charge is 0.396 e. The van der Waals surface area contributed by atoms with Crippen molar-refractivity contribution in [2.24, 2.45) is 5.92 Å². The molecule has 1 saturated heterocycles. The maximum atomic E-state index is 8.85. The van der Waals surface area contributed by atoms with Crippen molar-refractivity contribution in [3.05, 3.63) is 0 Å². The fourth-order valence-corrected chi connectivity index (χ4v) is 2.53. The van der Waals surface area contributed by atoms with Gasteiger partial charge in [0.05, 0.1) is 0 Å². The molecule has 0 saturated carbocycles. The van der Waals surface area contributed by atoms with Crippen LogP contribution >= 0.6 is 11.8 Å². The molecule has 1 aliphatic heterocycles. The minimum atomic E-state index is 0.320. The first kappa shape index (κ1) is 12.3. The molecule has 1 aliphatic rings. The lowest BCUT2D eigenvalue weighted by Crippen LogP contribution is -2.44. The van der Waals surface area contributed by atoms with E-state index in [-0.39, 0.29) is 0 Å². The number of nitrogens with one attached hydrogen (secondary N) is 1. The number of nitrogens with zero attached hydrogens (tertiary/aromatic N) is 1. The number of piperazine rings is 1. The second-order valence-corrected chi connectivity index (χ2v) is 5.10. The summed E-state index contributed by atoms with van der Waals surface area (Å²) >= 11 is 1.96. The zero-order chi connectivity index (χ0) is 10.2. The van der Waals surface area contributed by atoms with Gasteiger partial charge in [0.2, 0.25) is 0 Å². The zero-order valence-corrected chi connectivity index (χ0v) is 9.85. The van der Waals surface area contributed by atoms with Crippen LogP contribution in [0.15, 0.2) is 0 Å². The van der Waals surface area contributed by atoms with Gasteiger partial charge < -0.3 is 10.4 Å². The summed E-state index contributed by atoms with van der Waals surface area (Å²) in [4.78, 5) is 2.51. The third-order valence-corrected chi connectivity index (χ3v) is 3.75. The molecule has 0 aromatic rings. The predicted molar refractivity (Wildman–Crippen MR) is 62.9 cm³/mol. The third kappa shape index (κ3) is 5.20. The first-order valence-electron chi connectivity index (χ1n) is 5.44. The number of rotatable bonds is 6. The minimum absolute atomic E-state index is 0.320. The van der Waals surface area contributed by atoms with Gasteiger partial charge in [0, 0.05) is 45.1 Å². The Morgan fingerprint density at radius 1 is 1.43 bits per heavy atom. The van der Waals surface area contributed by atoms with Crippen LogP contribution < -0.4 is 5.32 Å². The summed E-state index contributed by atoms with van der Waals surface area (Å²) in [7, 11) is 0. The van der Waals surface area contributed by atoms with Gasteiger partial charge in [-0.25, -0.2) is 0 Å². The van der Waals surface area contributed by atoms with E-state index in [1.165, 1.54) is 25.4 Å². The summed E-state index contributed by atoms with van der Waals surface area (Å²) in [5, 5.41) is 12.2. The molecule has 0 amide bonds. The molecule has 1 fully saturated rings. The van der Waals surface area contributed by atoms with E-state index in [4.69, 9.17) is 5.11 Å². The maximum Gasteiger partial charge on any atom is 0.0464 e. The van der Waals surface area contributed by atoms with Crippen LogP contribution in [0.25, 0.3) is 0 Å². The second-order valence-electron chi connectivity index (χ2n) is 3.95. The lowest BCUT2D eigenvalue weighted by Gasteiger charge is -2.26. The van der Waals surface area contributed by atoms with Crippen LogP contribution in [0.4, 0.5) is 0 Å². The van der Waals surface area contributed by atoms with Crippen molar-refractivity contribution in [1.29, 1.82) is 0 Å². The number of hydrogen-bond donors (Lipinski definition) is 2. The Kier molecular flexibility index (Phi) is 6.60. The number of thioether (sulfide) groups is 1. The molecule has 0 aromatic carbocycles.